The fourth-order valence-electron chi connectivity index (χ4n) is 5.26. The number of likely N-dealkylation sites (tertiary alicyclic amines) is 1. The van der Waals surface area contributed by atoms with Crippen molar-refractivity contribution < 1.29 is 27.1 Å². The summed E-state index contributed by atoms with van der Waals surface area (Å²) in [6.45, 7) is 5.09. The fraction of sp³-hybridized carbons (Fsp3) is 0.375. The van der Waals surface area contributed by atoms with Gasteiger partial charge in [0.1, 0.15) is 17.3 Å². The molecule has 1 saturated heterocycles. The SMILES string of the molecule is CCCCC1CC(NC(=O)Nc2cc(NC(C)=O)ccc2F)CCN1Cc1ccc(Oc2ccc(NS(C)(=O)=O)cc2)cc1. The topological polar surface area (TPSA) is 129 Å². The van der Waals surface area contributed by atoms with Crippen molar-refractivity contribution in [1.29, 1.82) is 0 Å². The Morgan fingerprint density at radius 1 is 0.977 bits per heavy atom. The Morgan fingerprint density at radius 3 is 2.27 bits per heavy atom. The summed E-state index contributed by atoms with van der Waals surface area (Å²) in [5.41, 5.74) is 2.02. The minimum atomic E-state index is -3.34. The van der Waals surface area contributed by atoms with E-state index in [0.29, 0.717) is 22.9 Å². The van der Waals surface area contributed by atoms with E-state index in [2.05, 4.69) is 32.5 Å². The number of benzene rings is 3. The van der Waals surface area contributed by atoms with Crippen LogP contribution in [-0.4, -0.2) is 50.1 Å². The zero-order valence-electron chi connectivity index (χ0n) is 25.2. The van der Waals surface area contributed by atoms with Gasteiger partial charge in [-0.2, -0.15) is 0 Å². The van der Waals surface area contributed by atoms with Gasteiger partial charge >= 0.3 is 6.03 Å². The number of carbonyl (C=O) groups is 2. The third-order valence-electron chi connectivity index (χ3n) is 7.30. The number of carbonyl (C=O) groups excluding carboxylic acids is 2. The zero-order chi connectivity index (χ0) is 31.7. The van der Waals surface area contributed by atoms with Crippen molar-refractivity contribution in [2.75, 3.05) is 28.2 Å². The minimum absolute atomic E-state index is 0.00196. The quantitative estimate of drug-likeness (QED) is 0.187. The van der Waals surface area contributed by atoms with Crippen molar-refractivity contribution in [3.8, 4) is 11.5 Å². The Morgan fingerprint density at radius 2 is 1.64 bits per heavy atom. The first-order chi connectivity index (χ1) is 21.0. The van der Waals surface area contributed by atoms with E-state index in [9.17, 15) is 22.4 Å². The number of nitrogens with zero attached hydrogens (tertiary/aromatic N) is 1. The number of anilines is 3. The number of urea groups is 1. The number of rotatable bonds is 12. The second-order valence-corrected chi connectivity index (χ2v) is 12.9. The lowest BCUT2D eigenvalue weighted by Gasteiger charge is -2.40. The van der Waals surface area contributed by atoms with Gasteiger partial charge in [-0.1, -0.05) is 31.9 Å². The normalized spacial score (nSPS) is 17.0. The molecular formula is C32H40FN5O5S. The van der Waals surface area contributed by atoms with Gasteiger partial charge in [-0.3, -0.25) is 14.4 Å². The Kier molecular flexibility index (Phi) is 11.2. The average molecular weight is 626 g/mol. The maximum absolute atomic E-state index is 14.3. The van der Waals surface area contributed by atoms with Crippen LogP contribution in [-0.2, 0) is 21.4 Å². The maximum Gasteiger partial charge on any atom is 0.319 e. The summed E-state index contributed by atoms with van der Waals surface area (Å²) in [5, 5.41) is 8.19. The highest BCUT2D eigenvalue weighted by Crippen LogP contribution is 2.27. The molecule has 0 aliphatic carbocycles. The molecule has 2 unspecified atom stereocenters. The van der Waals surface area contributed by atoms with Gasteiger partial charge in [-0.25, -0.2) is 17.6 Å². The minimum Gasteiger partial charge on any atom is -0.457 e. The summed E-state index contributed by atoms with van der Waals surface area (Å²) in [5.74, 6) is 0.405. The van der Waals surface area contributed by atoms with E-state index >= 15 is 0 Å². The predicted molar refractivity (Wildman–Crippen MR) is 171 cm³/mol. The van der Waals surface area contributed by atoms with E-state index < -0.39 is 21.9 Å². The number of amides is 3. The first-order valence-corrected chi connectivity index (χ1v) is 16.6. The standard InChI is InChI=1S/C32H40FN5O5S/c1-4-5-6-27-19-26(35-32(40)36-31-20-25(34-22(2)39)11-16-30(31)33)17-18-38(27)21-23-7-12-28(13-8-23)43-29-14-9-24(10-15-29)37-44(3,41)42/h7-16,20,26-27,37H,4-6,17-19,21H2,1-3H3,(H,34,39)(H2,35,36,40). The Hall–Kier alpha value is -4.16. The zero-order valence-corrected chi connectivity index (χ0v) is 26.0. The van der Waals surface area contributed by atoms with Crippen molar-refractivity contribution >= 4 is 39.0 Å². The number of sulfonamides is 1. The van der Waals surface area contributed by atoms with Crippen LogP contribution in [0.25, 0.3) is 0 Å². The number of hydrogen-bond donors (Lipinski definition) is 4. The molecule has 0 saturated carbocycles. The molecule has 1 aliphatic heterocycles. The van der Waals surface area contributed by atoms with E-state index in [1.54, 1.807) is 24.3 Å². The van der Waals surface area contributed by atoms with Crippen molar-refractivity contribution in [1.82, 2.24) is 10.2 Å². The van der Waals surface area contributed by atoms with Crippen molar-refractivity contribution in [3.05, 3.63) is 78.1 Å². The Balaban J connectivity index is 1.32. The van der Waals surface area contributed by atoms with Gasteiger partial charge in [-0.05, 0) is 79.4 Å². The lowest BCUT2D eigenvalue weighted by molar-refractivity contribution is -0.114. The van der Waals surface area contributed by atoms with Crippen LogP contribution in [0, 0.1) is 5.82 Å². The van der Waals surface area contributed by atoms with Gasteiger partial charge in [0.25, 0.3) is 0 Å². The van der Waals surface area contributed by atoms with Crippen LogP contribution < -0.4 is 25.4 Å². The van der Waals surface area contributed by atoms with Gasteiger partial charge < -0.3 is 20.7 Å². The second-order valence-electron chi connectivity index (χ2n) is 11.1. The van der Waals surface area contributed by atoms with Gasteiger partial charge in [0.2, 0.25) is 15.9 Å². The molecule has 1 aliphatic rings. The molecule has 3 aromatic carbocycles. The molecule has 1 fully saturated rings. The smallest absolute Gasteiger partial charge is 0.319 e. The molecule has 3 aromatic rings. The Labute approximate surface area is 258 Å². The largest absolute Gasteiger partial charge is 0.457 e. The number of unbranched alkanes of at least 4 members (excludes halogenated alkanes) is 1. The maximum atomic E-state index is 14.3. The van der Waals surface area contributed by atoms with Gasteiger partial charge in [0.15, 0.2) is 0 Å². The number of ether oxygens (including phenoxy) is 1. The third kappa shape index (κ3) is 10.2. The van der Waals surface area contributed by atoms with Crippen molar-refractivity contribution in [2.24, 2.45) is 0 Å². The molecule has 44 heavy (non-hydrogen) atoms. The lowest BCUT2D eigenvalue weighted by Crippen LogP contribution is -2.50. The van der Waals surface area contributed by atoms with Crippen LogP contribution in [0.5, 0.6) is 11.5 Å². The van der Waals surface area contributed by atoms with Crippen LogP contribution in [0.3, 0.4) is 0 Å². The fourth-order valence-corrected chi connectivity index (χ4v) is 5.83. The number of nitrogens with one attached hydrogen (secondary N) is 4. The van der Waals surface area contributed by atoms with Crippen molar-refractivity contribution in [3.63, 3.8) is 0 Å². The van der Waals surface area contributed by atoms with Crippen LogP contribution in [0.4, 0.5) is 26.2 Å². The molecule has 10 nitrogen and oxygen atoms in total. The molecule has 0 spiro atoms. The highest BCUT2D eigenvalue weighted by Gasteiger charge is 2.29. The van der Waals surface area contributed by atoms with Crippen LogP contribution in [0.2, 0.25) is 0 Å². The number of halogens is 1. The van der Waals surface area contributed by atoms with Crippen LogP contribution in [0.15, 0.2) is 66.7 Å². The van der Waals surface area contributed by atoms with E-state index in [1.807, 2.05) is 24.3 Å². The van der Waals surface area contributed by atoms with Gasteiger partial charge in [0.05, 0.1) is 11.9 Å². The monoisotopic (exact) mass is 625 g/mol. The molecule has 4 N–H and O–H groups in total. The summed E-state index contributed by atoms with van der Waals surface area (Å²) in [7, 11) is -3.34. The highest BCUT2D eigenvalue weighted by atomic mass is 32.2. The molecule has 0 bridgehead atoms. The molecule has 3 amide bonds. The summed E-state index contributed by atoms with van der Waals surface area (Å²) < 4.78 is 45.5. The molecule has 236 valence electrons. The average Bonchev–Trinajstić information content (AvgIpc) is 2.96. The highest BCUT2D eigenvalue weighted by molar-refractivity contribution is 7.92. The van der Waals surface area contributed by atoms with E-state index in [4.69, 9.17) is 4.74 Å². The molecule has 0 radical (unpaired) electrons. The number of hydrogen-bond acceptors (Lipinski definition) is 6. The molecule has 2 atom stereocenters. The van der Waals surface area contributed by atoms with Crippen LogP contribution in [0.1, 0.15) is 51.5 Å². The molecule has 0 aromatic heterocycles. The molecule has 4 rings (SSSR count). The summed E-state index contributed by atoms with van der Waals surface area (Å²) in [4.78, 5) is 26.6. The van der Waals surface area contributed by atoms with Gasteiger partial charge in [-0.15, -0.1) is 0 Å². The Bertz CT molecular complexity index is 1530. The number of piperidine rings is 1. The first kappa shape index (κ1) is 32.7. The van der Waals surface area contributed by atoms with Gasteiger partial charge in [0, 0.05) is 43.5 Å². The van der Waals surface area contributed by atoms with Crippen LogP contribution >= 0.6 is 0 Å². The van der Waals surface area contributed by atoms with E-state index in [1.165, 1.54) is 25.1 Å². The summed E-state index contributed by atoms with van der Waals surface area (Å²) >= 11 is 0. The summed E-state index contributed by atoms with van der Waals surface area (Å²) in [6.07, 6.45) is 5.81. The molecular weight excluding hydrogens is 585 g/mol. The van der Waals surface area contributed by atoms with E-state index in [0.717, 1.165) is 57.0 Å². The second kappa shape index (κ2) is 15.0. The predicted octanol–water partition coefficient (Wildman–Crippen LogP) is 6.29. The first-order valence-electron chi connectivity index (χ1n) is 14.7. The molecule has 12 heteroatoms. The lowest BCUT2D eigenvalue weighted by atomic mass is 9.93. The third-order valence-corrected chi connectivity index (χ3v) is 7.91. The van der Waals surface area contributed by atoms with Crippen molar-refractivity contribution in [2.45, 2.75) is 64.6 Å². The van der Waals surface area contributed by atoms with E-state index in [-0.39, 0.29) is 23.7 Å². The summed E-state index contributed by atoms with van der Waals surface area (Å²) in [6, 6.07) is 18.4. The molecule has 1 heterocycles.